The van der Waals surface area contributed by atoms with E-state index in [9.17, 15) is 4.79 Å². The third kappa shape index (κ3) is 3.38. The summed E-state index contributed by atoms with van der Waals surface area (Å²) in [5, 5.41) is 3.39. The third-order valence-corrected chi connectivity index (χ3v) is 2.77. The standard InChI is InChI=1S/C12H20N2O2/c1-8(2)9(3)13-7-10-5-6-11(14-10)12(15)16-4/h5-6,8-9,13-14H,7H2,1-4H3. The molecule has 16 heavy (non-hydrogen) atoms. The molecule has 0 fully saturated rings. The smallest absolute Gasteiger partial charge is 0.354 e. The van der Waals surface area contributed by atoms with Gasteiger partial charge >= 0.3 is 5.97 Å². The molecule has 0 spiro atoms. The summed E-state index contributed by atoms with van der Waals surface area (Å²) in [6.07, 6.45) is 0. The van der Waals surface area contributed by atoms with E-state index in [2.05, 4.69) is 35.8 Å². The first-order valence-corrected chi connectivity index (χ1v) is 5.54. The van der Waals surface area contributed by atoms with Gasteiger partial charge in [-0.2, -0.15) is 0 Å². The molecule has 0 amide bonds. The van der Waals surface area contributed by atoms with E-state index in [4.69, 9.17) is 0 Å². The minimum absolute atomic E-state index is 0.330. The number of esters is 1. The summed E-state index contributed by atoms with van der Waals surface area (Å²) in [6, 6.07) is 4.08. The third-order valence-electron chi connectivity index (χ3n) is 2.77. The Labute approximate surface area is 96.4 Å². The zero-order valence-electron chi connectivity index (χ0n) is 10.3. The highest BCUT2D eigenvalue weighted by molar-refractivity contribution is 5.87. The molecule has 0 aliphatic rings. The zero-order valence-corrected chi connectivity index (χ0v) is 10.3. The maximum absolute atomic E-state index is 11.2. The summed E-state index contributed by atoms with van der Waals surface area (Å²) in [7, 11) is 1.38. The first kappa shape index (κ1) is 12.8. The summed E-state index contributed by atoms with van der Waals surface area (Å²) in [4.78, 5) is 14.2. The predicted molar refractivity (Wildman–Crippen MR) is 63.3 cm³/mol. The van der Waals surface area contributed by atoms with Crippen LogP contribution < -0.4 is 5.32 Å². The second kappa shape index (κ2) is 5.70. The largest absolute Gasteiger partial charge is 0.464 e. The molecule has 0 bridgehead atoms. The molecule has 4 nitrogen and oxygen atoms in total. The Hall–Kier alpha value is -1.29. The number of aromatic amines is 1. The number of hydrogen-bond acceptors (Lipinski definition) is 3. The van der Waals surface area contributed by atoms with Crippen LogP contribution in [0.1, 0.15) is 37.0 Å². The fraction of sp³-hybridized carbons (Fsp3) is 0.583. The van der Waals surface area contributed by atoms with Crippen molar-refractivity contribution in [1.82, 2.24) is 10.3 Å². The number of H-pyrrole nitrogens is 1. The van der Waals surface area contributed by atoms with Crippen molar-refractivity contribution in [3.63, 3.8) is 0 Å². The molecule has 1 aromatic heterocycles. The van der Waals surface area contributed by atoms with Gasteiger partial charge in [-0.15, -0.1) is 0 Å². The number of aromatic nitrogens is 1. The Morgan fingerprint density at radius 1 is 1.44 bits per heavy atom. The molecular formula is C12H20N2O2. The maximum Gasteiger partial charge on any atom is 0.354 e. The lowest BCUT2D eigenvalue weighted by Gasteiger charge is -2.16. The Bertz CT molecular complexity index is 345. The molecular weight excluding hydrogens is 204 g/mol. The summed E-state index contributed by atoms with van der Waals surface area (Å²) < 4.78 is 4.62. The molecule has 1 unspecified atom stereocenters. The van der Waals surface area contributed by atoms with E-state index in [-0.39, 0.29) is 5.97 Å². The molecule has 0 saturated heterocycles. The van der Waals surface area contributed by atoms with E-state index in [1.807, 2.05) is 6.07 Å². The van der Waals surface area contributed by atoms with Gasteiger partial charge in [0.05, 0.1) is 7.11 Å². The second-order valence-electron chi connectivity index (χ2n) is 4.30. The Morgan fingerprint density at radius 2 is 2.12 bits per heavy atom. The van der Waals surface area contributed by atoms with Gasteiger partial charge in [0.25, 0.3) is 0 Å². The highest BCUT2D eigenvalue weighted by Crippen LogP contribution is 2.05. The van der Waals surface area contributed by atoms with Gasteiger partial charge in [-0.05, 0) is 25.0 Å². The van der Waals surface area contributed by atoms with Gasteiger partial charge in [0, 0.05) is 18.3 Å². The molecule has 1 heterocycles. The van der Waals surface area contributed by atoms with Crippen molar-refractivity contribution < 1.29 is 9.53 Å². The summed E-state index contributed by atoms with van der Waals surface area (Å²) >= 11 is 0. The van der Waals surface area contributed by atoms with Crippen molar-refractivity contribution in [2.45, 2.75) is 33.4 Å². The second-order valence-corrected chi connectivity index (χ2v) is 4.30. The number of carbonyl (C=O) groups is 1. The monoisotopic (exact) mass is 224 g/mol. The molecule has 4 heteroatoms. The first-order chi connectivity index (χ1) is 7.54. The van der Waals surface area contributed by atoms with Crippen LogP contribution in [0.5, 0.6) is 0 Å². The fourth-order valence-electron chi connectivity index (χ4n) is 1.28. The lowest BCUT2D eigenvalue weighted by atomic mass is 10.1. The fourth-order valence-corrected chi connectivity index (χ4v) is 1.28. The van der Waals surface area contributed by atoms with Crippen molar-refractivity contribution in [3.8, 4) is 0 Å². The Kier molecular flexibility index (Phi) is 4.55. The number of nitrogens with one attached hydrogen (secondary N) is 2. The van der Waals surface area contributed by atoms with E-state index in [0.29, 0.717) is 17.7 Å². The number of carbonyl (C=O) groups excluding carboxylic acids is 1. The molecule has 0 radical (unpaired) electrons. The minimum atomic E-state index is -0.330. The van der Waals surface area contributed by atoms with Crippen LogP contribution in [-0.4, -0.2) is 24.1 Å². The number of hydrogen-bond donors (Lipinski definition) is 2. The Balaban J connectivity index is 2.49. The SMILES string of the molecule is COC(=O)c1ccc(CNC(C)C(C)C)[nH]1. The van der Waals surface area contributed by atoms with Gasteiger partial charge < -0.3 is 15.0 Å². The van der Waals surface area contributed by atoms with E-state index in [1.165, 1.54) is 7.11 Å². The topological polar surface area (TPSA) is 54.1 Å². The highest BCUT2D eigenvalue weighted by atomic mass is 16.5. The molecule has 0 aliphatic carbocycles. The van der Waals surface area contributed by atoms with Crippen molar-refractivity contribution >= 4 is 5.97 Å². The number of methoxy groups -OCH3 is 1. The average molecular weight is 224 g/mol. The lowest BCUT2D eigenvalue weighted by molar-refractivity contribution is 0.0594. The Morgan fingerprint density at radius 3 is 2.69 bits per heavy atom. The van der Waals surface area contributed by atoms with Crippen molar-refractivity contribution in [2.75, 3.05) is 7.11 Å². The number of rotatable bonds is 5. The van der Waals surface area contributed by atoms with Crippen LogP contribution in [0.15, 0.2) is 12.1 Å². The molecule has 2 N–H and O–H groups in total. The molecule has 0 aromatic carbocycles. The number of ether oxygens (including phenoxy) is 1. The summed E-state index contributed by atoms with van der Waals surface area (Å²) in [6.45, 7) is 7.23. The molecule has 1 rings (SSSR count). The normalized spacial score (nSPS) is 12.8. The van der Waals surface area contributed by atoms with E-state index in [0.717, 1.165) is 12.2 Å². The van der Waals surface area contributed by atoms with Crippen LogP contribution in [0.3, 0.4) is 0 Å². The average Bonchev–Trinajstić information content (AvgIpc) is 2.73. The van der Waals surface area contributed by atoms with Gasteiger partial charge in [-0.1, -0.05) is 13.8 Å². The summed E-state index contributed by atoms with van der Waals surface area (Å²) in [5.41, 5.74) is 1.49. The molecule has 1 atom stereocenters. The lowest BCUT2D eigenvalue weighted by Crippen LogP contribution is -2.30. The molecule has 0 saturated carbocycles. The van der Waals surface area contributed by atoms with Crippen LogP contribution in [-0.2, 0) is 11.3 Å². The van der Waals surface area contributed by atoms with Crippen LogP contribution in [0.4, 0.5) is 0 Å². The summed E-state index contributed by atoms with van der Waals surface area (Å²) in [5.74, 6) is 0.262. The van der Waals surface area contributed by atoms with Gasteiger partial charge in [0.2, 0.25) is 0 Å². The van der Waals surface area contributed by atoms with E-state index >= 15 is 0 Å². The highest BCUT2D eigenvalue weighted by Gasteiger charge is 2.09. The first-order valence-electron chi connectivity index (χ1n) is 5.54. The van der Waals surface area contributed by atoms with Gasteiger partial charge in [-0.3, -0.25) is 0 Å². The van der Waals surface area contributed by atoms with Gasteiger partial charge in [0.15, 0.2) is 0 Å². The molecule has 1 aromatic rings. The van der Waals surface area contributed by atoms with Crippen LogP contribution in [0.2, 0.25) is 0 Å². The van der Waals surface area contributed by atoms with Crippen molar-refractivity contribution in [1.29, 1.82) is 0 Å². The maximum atomic E-state index is 11.2. The van der Waals surface area contributed by atoms with Gasteiger partial charge in [-0.25, -0.2) is 4.79 Å². The van der Waals surface area contributed by atoms with Crippen molar-refractivity contribution in [2.24, 2.45) is 5.92 Å². The zero-order chi connectivity index (χ0) is 12.1. The molecule has 90 valence electrons. The van der Waals surface area contributed by atoms with Crippen LogP contribution in [0, 0.1) is 5.92 Å². The van der Waals surface area contributed by atoms with E-state index < -0.39 is 0 Å². The molecule has 0 aliphatic heterocycles. The van der Waals surface area contributed by atoms with Crippen molar-refractivity contribution in [3.05, 3.63) is 23.5 Å². The minimum Gasteiger partial charge on any atom is -0.464 e. The van der Waals surface area contributed by atoms with E-state index in [1.54, 1.807) is 6.07 Å². The van der Waals surface area contributed by atoms with Gasteiger partial charge in [0.1, 0.15) is 5.69 Å². The quantitative estimate of drug-likeness (QED) is 0.751. The van der Waals surface area contributed by atoms with Crippen LogP contribution in [0.25, 0.3) is 0 Å². The predicted octanol–water partition coefficient (Wildman–Crippen LogP) is 1.94. The van der Waals surface area contributed by atoms with Crippen LogP contribution >= 0.6 is 0 Å².